The van der Waals surface area contributed by atoms with Crippen molar-refractivity contribution in [3.8, 4) is 11.3 Å². The first-order chi connectivity index (χ1) is 11.7. The van der Waals surface area contributed by atoms with E-state index >= 15 is 0 Å². The Labute approximate surface area is 145 Å². The summed E-state index contributed by atoms with van der Waals surface area (Å²) in [6.45, 7) is 2.13. The van der Waals surface area contributed by atoms with E-state index in [0.717, 1.165) is 23.1 Å². The predicted molar refractivity (Wildman–Crippen MR) is 95.9 cm³/mol. The van der Waals surface area contributed by atoms with Crippen molar-refractivity contribution in [3.63, 3.8) is 0 Å². The van der Waals surface area contributed by atoms with E-state index in [1.807, 2.05) is 17.5 Å². The molecule has 2 aromatic rings. The van der Waals surface area contributed by atoms with Gasteiger partial charge in [0.1, 0.15) is 0 Å². The molecule has 2 saturated carbocycles. The Kier molecular flexibility index (Phi) is 4.22. The number of carbonyl (C=O) groups is 1. The minimum atomic E-state index is -0.155. The van der Waals surface area contributed by atoms with Crippen LogP contribution < -0.4 is 10.6 Å². The average Bonchev–Trinajstić information content (AvgIpc) is 3.32. The van der Waals surface area contributed by atoms with Gasteiger partial charge in [-0.3, -0.25) is 10.3 Å². The third kappa shape index (κ3) is 3.15. The minimum Gasteiger partial charge on any atom is -0.335 e. The zero-order valence-electron chi connectivity index (χ0n) is 13.7. The van der Waals surface area contributed by atoms with Crippen LogP contribution in [-0.4, -0.2) is 22.0 Å². The summed E-state index contributed by atoms with van der Waals surface area (Å²) in [5.41, 5.74) is 1.79. The fourth-order valence-electron chi connectivity index (χ4n) is 4.33. The highest BCUT2D eigenvalue weighted by Crippen LogP contribution is 2.49. The van der Waals surface area contributed by atoms with Crippen molar-refractivity contribution in [1.29, 1.82) is 0 Å². The lowest BCUT2D eigenvalue weighted by atomic mass is 9.84. The normalized spacial score (nSPS) is 26.3. The number of fused-ring (bicyclic) bond motifs is 2. The SMILES string of the molecule is CC(NC(=O)Nc1nc(-c2cccnc2)cs1)C1CC2CCC1C2. The molecule has 0 radical (unpaired) electrons. The van der Waals surface area contributed by atoms with Crippen LogP contribution in [0.15, 0.2) is 29.9 Å². The highest BCUT2D eigenvalue weighted by Gasteiger charge is 2.42. The largest absolute Gasteiger partial charge is 0.335 e. The fraction of sp³-hybridized carbons (Fsp3) is 0.500. The van der Waals surface area contributed by atoms with Gasteiger partial charge in [0.05, 0.1) is 5.69 Å². The first-order valence-corrected chi connectivity index (χ1v) is 9.50. The Hall–Kier alpha value is -1.95. The Balaban J connectivity index is 1.34. The molecule has 6 heteroatoms. The van der Waals surface area contributed by atoms with Gasteiger partial charge >= 0.3 is 6.03 Å². The van der Waals surface area contributed by atoms with E-state index in [-0.39, 0.29) is 12.1 Å². The van der Waals surface area contributed by atoms with Crippen LogP contribution in [0, 0.1) is 17.8 Å². The number of carbonyl (C=O) groups excluding carboxylic acids is 1. The topological polar surface area (TPSA) is 66.9 Å². The molecule has 4 unspecified atom stereocenters. The van der Waals surface area contributed by atoms with Gasteiger partial charge in [0.2, 0.25) is 0 Å². The summed E-state index contributed by atoms with van der Waals surface area (Å²) >= 11 is 1.43. The minimum absolute atomic E-state index is 0.155. The molecule has 0 saturated heterocycles. The van der Waals surface area contributed by atoms with E-state index in [1.54, 1.807) is 12.4 Å². The number of amides is 2. The van der Waals surface area contributed by atoms with Crippen LogP contribution in [0.2, 0.25) is 0 Å². The number of nitrogens with zero attached hydrogens (tertiary/aromatic N) is 2. The number of aromatic nitrogens is 2. The number of urea groups is 1. The summed E-state index contributed by atoms with van der Waals surface area (Å²) in [6.07, 6.45) is 8.86. The summed E-state index contributed by atoms with van der Waals surface area (Å²) in [6, 6.07) is 3.91. The lowest BCUT2D eigenvalue weighted by molar-refractivity contribution is 0.230. The van der Waals surface area contributed by atoms with Gasteiger partial charge in [-0.15, -0.1) is 11.3 Å². The van der Waals surface area contributed by atoms with Crippen LogP contribution in [0.3, 0.4) is 0 Å². The monoisotopic (exact) mass is 342 g/mol. The Morgan fingerprint density at radius 2 is 2.29 bits per heavy atom. The maximum Gasteiger partial charge on any atom is 0.321 e. The van der Waals surface area contributed by atoms with Crippen molar-refractivity contribution in [3.05, 3.63) is 29.9 Å². The number of thiazole rings is 1. The quantitative estimate of drug-likeness (QED) is 0.877. The fourth-order valence-corrected chi connectivity index (χ4v) is 5.05. The number of rotatable bonds is 4. The second-order valence-electron chi connectivity index (χ2n) is 7.01. The lowest BCUT2D eigenvalue weighted by Crippen LogP contribution is -2.42. The van der Waals surface area contributed by atoms with E-state index < -0.39 is 0 Å². The van der Waals surface area contributed by atoms with Gasteiger partial charge in [0, 0.05) is 29.4 Å². The predicted octanol–water partition coefficient (Wildman–Crippen LogP) is 4.15. The first kappa shape index (κ1) is 15.6. The molecule has 4 atom stereocenters. The molecule has 24 heavy (non-hydrogen) atoms. The van der Waals surface area contributed by atoms with Crippen molar-refractivity contribution in [2.24, 2.45) is 17.8 Å². The van der Waals surface area contributed by atoms with Crippen LogP contribution in [0.1, 0.15) is 32.6 Å². The summed E-state index contributed by atoms with van der Waals surface area (Å²) in [5.74, 6) is 2.34. The number of nitrogens with one attached hydrogen (secondary N) is 2. The van der Waals surface area contributed by atoms with Gasteiger partial charge < -0.3 is 5.32 Å². The Bertz CT molecular complexity index is 717. The maximum atomic E-state index is 12.3. The molecule has 0 aromatic carbocycles. The molecule has 5 nitrogen and oxygen atoms in total. The number of hydrogen-bond donors (Lipinski definition) is 2. The molecule has 4 rings (SSSR count). The van der Waals surface area contributed by atoms with Gasteiger partial charge in [-0.2, -0.15) is 0 Å². The van der Waals surface area contributed by atoms with Crippen LogP contribution in [0.4, 0.5) is 9.93 Å². The van der Waals surface area contributed by atoms with Crippen molar-refractivity contribution in [1.82, 2.24) is 15.3 Å². The van der Waals surface area contributed by atoms with Gasteiger partial charge in [-0.1, -0.05) is 6.42 Å². The average molecular weight is 342 g/mol. The molecule has 126 valence electrons. The Morgan fingerprint density at radius 1 is 1.38 bits per heavy atom. The standard InChI is InChI=1S/C18H22N4OS/c1-11(15-8-12-4-5-13(15)7-12)20-17(23)22-18-21-16(10-24-18)14-3-2-6-19-9-14/h2-3,6,9-13,15H,4-5,7-8H2,1H3,(H2,20,21,22,23). The molecule has 2 heterocycles. The third-order valence-electron chi connectivity index (χ3n) is 5.48. The first-order valence-electron chi connectivity index (χ1n) is 8.62. The molecule has 2 aliphatic rings. The molecule has 2 amide bonds. The lowest BCUT2D eigenvalue weighted by Gasteiger charge is -2.28. The zero-order chi connectivity index (χ0) is 16.5. The van der Waals surface area contributed by atoms with E-state index in [0.29, 0.717) is 11.0 Å². The highest BCUT2D eigenvalue weighted by atomic mass is 32.1. The van der Waals surface area contributed by atoms with E-state index in [4.69, 9.17) is 0 Å². The van der Waals surface area contributed by atoms with Gasteiger partial charge in [-0.05, 0) is 56.1 Å². The zero-order valence-corrected chi connectivity index (χ0v) is 14.6. The van der Waals surface area contributed by atoms with Crippen molar-refractivity contribution >= 4 is 22.5 Å². The second-order valence-corrected chi connectivity index (χ2v) is 7.86. The van der Waals surface area contributed by atoms with E-state index in [9.17, 15) is 4.79 Å². The van der Waals surface area contributed by atoms with Gasteiger partial charge in [-0.25, -0.2) is 9.78 Å². The summed E-state index contributed by atoms with van der Waals surface area (Å²) in [4.78, 5) is 20.8. The molecular weight excluding hydrogens is 320 g/mol. The second kappa shape index (κ2) is 6.51. The molecule has 2 bridgehead atoms. The third-order valence-corrected chi connectivity index (χ3v) is 6.23. The van der Waals surface area contributed by atoms with E-state index in [2.05, 4.69) is 27.5 Å². The molecule has 2 fully saturated rings. The smallest absolute Gasteiger partial charge is 0.321 e. The van der Waals surface area contributed by atoms with Crippen LogP contribution >= 0.6 is 11.3 Å². The molecule has 2 N–H and O–H groups in total. The molecule has 0 aliphatic heterocycles. The maximum absolute atomic E-state index is 12.3. The Morgan fingerprint density at radius 3 is 3.00 bits per heavy atom. The van der Waals surface area contributed by atoms with Crippen molar-refractivity contribution < 1.29 is 4.79 Å². The van der Waals surface area contributed by atoms with Crippen LogP contribution in [0.25, 0.3) is 11.3 Å². The summed E-state index contributed by atoms with van der Waals surface area (Å²) < 4.78 is 0. The van der Waals surface area contributed by atoms with Crippen LogP contribution in [0.5, 0.6) is 0 Å². The summed E-state index contributed by atoms with van der Waals surface area (Å²) in [7, 11) is 0. The molecular formula is C18H22N4OS. The highest BCUT2D eigenvalue weighted by molar-refractivity contribution is 7.14. The summed E-state index contributed by atoms with van der Waals surface area (Å²) in [5, 5.41) is 8.53. The van der Waals surface area contributed by atoms with Gasteiger partial charge in [0.25, 0.3) is 0 Å². The van der Waals surface area contributed by atoms with Gasteiger partial charge in [0.15, 0.2) is 5.13 Å². The molecule has 0 spiro atoms. The van der Waals surface area contributed by atoms with E-state index in [1.165, 1.54) is 37.0 Å². The van der Waals surface area contributed by atoms with Crippen molar-refractivity contribution in [2.45, 2.75) is 38.6 Å². The molecule has 2 aliphatic carbocycles. The number of hydrogen-bond acceptors (Lipinski definition) is 4. The van der Waals surface area contributed by atoms with Crippen LogP contribution in [-0.2, 0) is 0 Å². The molecule has 2 aromatic heterocycles. The number of pyridine rings is 1. The van der Waals surface area contributed by atoms with Crippen molar-refractivity contribution in [2.75, 3.05) is 5.32 Å². The number of anilines is 1.